The molecule has 1 aromatic heterocycles. The number of nitro groups is 1. The molecular formula is C17H16F3N3O6. The molecule has 0 radical (unpaired) electrons. The Morgan fingerprint density at radius 2 is 2.03 bits per heavy atom. The molecule has 0 spiro atoms. The third-order valence-electron chi connectivity index (χ3n) is 3.84. The van der Waals surface area contributed by atoms with Gasteiger partial charge in [0.15, 0.2) is 5.75 Å². The number of hydrogen-bond donors (Lipinski definition) is 2. The number of carbonyl (C=O) groups is 1. The van der Waals surface area contributed by atoms with Crippen LogP contribution in [0, 0.1) is 10.1 Å². The van der Waals surface area contributed by atoms with Crippen LogP contribution in [0.15, 0.2) is 35.1 Å². The number of ether oxygens (including phenoxy) is 1. The Morgan fingerprint density at radius 3 is 2.66 bits per heavy atom. The molecule has 2 aromatic rings. The lowest BCUT2D eigenvalue weighted by Crippen LogP contribution is -2.31. The van der Waals surface area contributed by atoms with Crippen LogP contribution in [0.25, 0.3) is 0 Å². The number of rotatable bonds is 7. The van der Waals surface area contributed by atoms with E-state index in [1.807, 2.05) is 0 Å². The highest BCUT2D eigenvalue weighted by Crippen LogP contribution is 2.30. The van der Waals surface area contributed by atoms with Crippen molar-refractivity contribution in [3.8, 4) is 11.5 Å². The van der Waals surface area contributed by atoms with E-state index in [0.717, 1.165) is 7.05 Å². The van der Waals surface area contributed by atoms with Gasteiger partial charge in [-0.15, -0.1) is 0 Å². The van der Waals surface area contributed by atoms with E-state index in [9.17, 15) is 38.0 Å². The molecule has 0 aliphatic rings. The number of benzene rings is 1. The van der Waals surface area contributed by atoms with Gasteiger partial charge in [-0.05, 0) is 18.6 Å². The van der Waals surface area contributed by atoms with Gasteiger partial charge in [0.25, 0.3) is 17.2 Å². The van der Waals surface area contributed by atoms with Crippen LogP contribution >= 0.6 is 0 Å². The van der Waals surface area contributed by atoms with E-state index in [2.05, 4.69) is 5.32 Å². The van der Waals surface area contributed by atoms with Crippen LogP contribution in [0.2, 0.25) is 0 Å². The average Bonchev–Trinajstić information content (AvgIpc) is 2.65. The fourth-order valence-electron chi connectivity index (χ4n) is 2.38. The second kappa shape index (κ2) is 8.63. The smallest absolute Gasteiger partial charge is 0.431 e. The van der Waals surface area contributed by atoms with Gasteiger partial charge in [0.2, 0.25) is 0 Å². The number of hydrogen-bond acceptors (Lipinski definition) is 6. The molecule has 0 fully saturated rings. The van der Waals surface area contributed by atoms with Crippen molar-refractivity contribution in [3.05, 3.63) is 62.1 Å². The van der Waals surface area contributed by atoms with Crippen molar-refractivity contribution in [3.63, 3.8) is 0 Å². The van der Waals surface area contributed by atoms with Crippen LogP contribution in [0.1, 0.15) is 22.5 Å². The second-order valence-electron chi connectivity index (χ2n) is 5.87. The fraction of sp³-hybridized carbons (Fsp3) is 0.294. The van der Waals surface area contributed by atoms with E-state index in [1.54, 1.807) is 0 Å². The SMILES string of the molecule is Cn1c(C(F)(F)F)cc(C(=O)NCCCOc2cccc([N+](=O)[O-])c2)c(O)c1=O. The summed E-state index contributed by atoms with van der Waals surface area (Å²) in [6, 6.07) is 5.84. The van der Waals surface area contributed by atoms with E-state index < -0.39 is 39.6 Å². The molecule has 29 heavy (non-hydrogen) atoms. The summed E-state index contributed by atoms with van der Waals surface area (Å²) in [6.45, 7) is 0.0154. The Balaban J connectivity index is 1.96. The monoisotopic (exact) mass is 415 g/mol. The molecule has 0 atom stereocenters. The van der Waals surface area contributed by atoms with Crippen molar-refractivity contribution in [2.24, 2.45) is 7.05 Å². The number of nitrogens with zero attached hydrogens (tertiary/aromatic N) is 2. The second-order valence-corrected chi connectivity index (χ2v) is 5.87. The summed E-state index contributed by atoms with van der Waals surface area (Å²) in [6.07, 6.45) is -4.67. The number of non-ortho nitro benzene ring substituents is 1. The first-order chi connectivity index (χ1) is 13.5. The number of carbonyl (C=O) groups excluding carboxylic acids is 1. The number of halogens is 3. The van der Waals surface area contributed by atoms with E-state index >= 15 is 0 Å². The Kier molecular flexibility index (Phi) is 6.46. The summed E-state index contributed by atoms with van der Waals surface area (Å²) in [5, 5.41) is 22.7. The maximum Gasteiger partial charge on any atom is 0.431 e. The maximum absolute atomic E-state index is 13.0. The Morgan fingerprint density at radius 1 is 1.34 bits per heavy atom. The van der Waals surface area contributed by atoms with Gasteiger partial charge in [0.05, 0.1) is 23.2 Å². The van der Waals surface area contributed by atoms with E-state index in [4.69, 9.17) is 4.74 Å². The molecule has 0 aliphatic carbocycles. The molecule has 0 bridgehead atoms. The first-order valence-electron chi connectivity index (χ1n) is 8.18. The summed E-state index contributed by atoms with van der Waals surface area (Å²) in [4.78, 5) is 33.9. The molecule has 2 rings (SSSR count). The normalized spacial score (nSPS) is 11.2. The molecule has 0 saturated heterocycles. The molecule has 156 valence electrons. The molecule has 9 nitrogen and oxygen atoms in total. The van der Waals surface area contributed by atoms with Crippen molar-refractivity contribution in [1.82, 2.24) is 9.88 Å². The number of alkyl halides is 3. The standard InChI is InChI=1S/C17H16F3N3O6/c1-22-13(17(18,19)20)9-12(14(24)16(22)26)15(25)21-6-3-7-29-11-5-2-4-10(8-11)23(27)28/h2,4-5,8-9,24H,3,6-7H2,1H3,(H,21,25). The van der Waals surface area contributed by atoms with Crippen molar-refractivity contribution < 1.29 is 32.7 Å². The van der Waals surface area contributed by atoms with Crippen molar-refractivity contribution >= 4 is 11.6 Å². The van der Waals surface area contributed by atoms with Gasteiger partial charge in [0, 0.05) is 19.7 Å². The molecular weight excluding hydrogens is 399 g/mol. The van der Waals surface area contributed by atoms with Crippen LogP contribution in [0.4, 0.5) is 18.9 Å². The number of nitro benzene ring substituents is 1. The summed E-state index contributed by atoms with van der Waals surface area (Å²) in [5.74, 6) is -1.91. The predicted molar refractivity (Wildman–Crippen MR) is 93.9 cm³/mol. The zero-order valence-electron chi connectivity index (χ0n) is 15.0. The molecule has 1 amide bonds. The lowest BCUT2D eigenvalue weighted by atomic mass is 10.1. The predicted octanol–water partition coefficient (Wildman–Crippen LogP) is 2.22. The van der Waals surface area contributed by atoms with Gasteiger partial charge in [-0.25, -0.2) is 0 Å². The first-order valence-corrected chi connectivity index (χ1v) is 8.18. The number of aromatic hydroxyl groups is 1. The van der Waals surface area contributed by atoms with Gasteiger partial charge in [-0.2, -0.15) is 13.2 Å². The minimum atomic E-state index is -4.89. The average molecular weight is 415 g/mol. The van der Waals surface area contributed by atoms with Gasteiger partial charge in [-0.3, -0.25) is 19.7 Å². The zero-order chi connectivity index (χ0) is 21.8. The van der Waals surface area contributed by atoms with E-state index in [-0.39, 0.29) is 35.6 Å². The van der Waals surface area contributed by atoms with Crippen molar-refractivity contribution in [2.75, 3.05) is 13.2 Å². The molecule has 1 aromatic carbocycles. The number of amides is 1. The van der Waals surface area contributed by atoms with Crippen LogP contribution in [0.5, 0.6) is 11.5 Å². The Labute approximate surface area is 161 Å². The molecule has 12 heteroatoms. The maximum atomic E-state index is 13.0. The Hall–Kier alpha value is -3.57. The molecule has 1 heterocycles. The van der Waals surface area contributed by atoms with Crippen LogP contribution in [-0.4, -0.2) is 33.7 Å². The minimum absolute atomic E-state index is 0.0379. The molecule has 0 aliphatic heterocycles. The highest BCUT2D eigenvalue weighted by Gasteiger charge is 2.36. The molecule has 0 unspecified atom stereocenters. The lowest BCUT2D eigenvalue weighted by Gasteiger charge is -2.14. The van der Waals surface area contributed by atoms with Gasteiger partial charge in [-0.1, -0.05) is 6.07 Å². The Bertz CT molecular complexity index is 987. The van der Waals surface area contributed by atoms with Crippen molar-refractivity contribution in [1.29, 1.82) is 0 Å². The number of nitrogens with one attached hydrogen (secondary N) is 1. The third kappa shape index (κ3) is 5.24. The fourth-order valence-corrected chi connectivity index (χ4v) is 2.38. The molecule has 0 saturated carbocycles. The molecule has 2 N–H and O–H groups in total. The van der Waals surface area contributed by atoms with Gasteiger partial charge >= 0.3 is 6.18 Å². The van der Waals surface area contributed by atoms with Gasteiger partial charge < -0.3 is 19.7 Å². The quantitative estimate of drug-likeness (QED) is 0.406. The first kappa shape index (κ1) is 21.7. The number of aromatic nitrogens is 1. The lowest BCUT2D eigenvalue weighted by molar-refractivity contribution is -0.384. The summed E-state index contributed by atoms with van der Waals surface area (Å²) in [7, 11) is 0.831. The zero-order valence-corrected chi connectivity index (χ0v) is 15.0. The highest BCUT2D eigenvalue weighted by atomic mass is 19.4. The van der Waals surface area contributed by atoms with E-state index in [0.29, 0.717) is 6.07 Å². The number of pyridine rings is 1. The minimum Gasteiger partial charge on any atom is -0.502 e. The van der Waals surface area contributed by atoms with Gasteiger partial charge in [0.1, 0.15) is 11.4 Å². The topological polar surface area (TPSA) is 124 Å². The largest absolute Gasteiger partial charge is 0.502 e. The van der Waals surface area contributed by atoms with Crippen molar-refractivity contribution in [2.45, 2.75) is 12.6 Å². The van der Waals surface area contributed by atoms with E-state index in [1.165, 1.54) is 24.3 Å². The van der Waals surface area contributed by atoms with Crippen LogP contribution in [-0.2, 0) is 13.2 Å². The van der Waals surface area contributed by atoms with Crippen LogP contribution in [0.3, 0.4) is 0 Å². The highest BCUT2D eigenvalue weighted by molar-refractivity contribution is 5.96. The summed E-state index contributed by atoms with van der Waals surface area (Å²) in [5.41, 5.74) is -3.67. The summed E-state index contributed by atoms with van der Waals surface area (Å²) >= 11 is 0. The third-order valence-corrected chi connectivity index (χ3v) is 3.84. The van der Waals surface area contributed by atoms with Crippen LogP contribution < -0.4 is 15.6 Å². The summed E-state index contributed by atoms with van der Waals surface area (Å²) < 4.78 is 44.4.